The zero-order chi connectivity index (χ0) is 15.1. The number of amides is 1. The lowest BCUT2D eigenvalue weighted by Gasteiger charge is -2.02. The lowest BCUT2D eigenvalue weighted by Crippen LogP contribution is -2.10. The molecule has 112 valence electrons. The maximum absolute atomic E-state index is 12.7. The van der Waals surface area contributed by atoms with Crippen LogP contribution in [-0.4, -0.2) is 16.1 Å². The van der Waals surface area contributed by atoms with Crippen molar-refractivity contribution in [2.75, 3.05) is 5.32 Å². The normalized spacial score (nSPS) is 10.4. The smallest absolute Gasteiger partial charge is 0.226 e. The molecule has 0 saturated carbocycles. The van der Waals surface area contributed by atoms with Crippen LogP contribution in [0.5, 0.6) is 5.75 Å². The van der Waals surface area contributed by atoms with Gasteiger partial charge in [0.25, 0.3) is 0 Å². The van der Waals surface area contributed by atoms with E-state index in [2.05, 4.69) is 15.5 Å². The van der Waals surface area contributed by atoms with Gasteiger partial charge in [-0.3, -0.25) is 4.79 Å². The summed E-state index contributed by atoms with van der Waals surface area (Å²) in [6.45, 7) is 2.26. The van der Waals surface area contributed by atoms with Crippen molar-refractivity contribution >= 4 is 22.4 Å². The van der Waals surface area contributed by atoms with Crippen molar-refractivity contribution < 1.29 is 13.9 Å². The fraction of sp³-hybridized carbons (Fsp3) is 0.357. The molecule has 1 aromatic heterocycles. The van der Waals surface area contributed by atoms with Gasteiger partial charge < -0.3 is 10.1 Å². The topological polar surface area (TPSA) is 64.1 Å². The first kappa shape index (κ1) is 15.4. The van der Waals surface area contributed by atoms with E-state index in [1.165, 1.54) is 23.5 Å². The minimum Gasteiger partial charge on any atom is -0.486 e. The zero-order valence-corrected chi connectivity index (χ0v) is 12.5. The van der Waals surface area contributed by atoms with Crippen molar-refractivity contribution in [2.45, 2.75) is 32.8 Å². The lowest BCUT2D eigenvalue weighted by atomic mass is 10.2. The molecule has 0 aliphatic heterocycles. The summed E-state index contributed by atoms with van der Waals surface area (Å²) in [6.07, 6.45) is 2.31. The van der Waals surface area contributed by atoms with E-state index in [1.807, 2.05) is 6.92 Å². The van der Waals surface area contributed by atoms with Crippen molar-refractivity contribution in [3.05, 3.63) is 35.1 Å². The molecule has 1 heterocycles. The van der Waals surface area contributed by atoms with Gasteiger partial charge in [-0.25, -0.2) is 4.39 Å². The Bertz CT molecular complexity index is 586. The molecule has 7 heteroatoms. The Labute approximate surface area is 126 Å². The Kier molecular flexibility index (Phi) is 5.62. The monoisotopic (exact) mass is 309 g/mol. The number of rotatable bonds is 7. The highest BCUT2D eigenvalue weighted by Gasteiger charge is 2.08. The van der Waals surface area contributed by atoms with Crippen molar-refractivity contribution in [3.63, 3.8) is 0 Å². The molecule has 0 bridgehead atoms. The predicted octanol–water partition coefficient (Wildman–Crippen LogP) is 3.38. The summed E-state index contributed by atoms with van der Waals surface area (Å²) in [4.78, 5) is 11.6. The Morgan fingerprint density at radius 3 is 2.81 bits per heavy atom. The number of hydrogen-bond donors (Lipinski definition) is 1. The number of nitrogens with zero attached hydrogens (tertiary/aromatic N) is 2. The molecule has 0 atom stereocenters. The van der Waals surface area contributed by atoms with Gasteiger partial charge in [-0.2, -0.15) is 0 Å². The number of unbranched alkanes of at least 4 members (excludes halogenated alkanes) is 1. The number of anilines is 1. The molecule has 1 aromatic carbocycles. The van der Waals surface area contributed by atoms with Gasteiger partial charge in [0.05, 0.1) is 0 Å². The molecule has 0 unspecified atom stereocenters. The molecule has 1 amide bonds. The largest absolute Gasteiger partial charge is 0.486 e. The fourth-order valence-electron chi connectivity index (χ4n) is 1.56. The Balaban J connectivity index is 1.82. The van der Waals surface area contributed by atoms with Crippen molar-refractivity contribution in [2.24, 2.45) is 0 Å². The SMILES string of the molecule is CCCCC(=O)Nc1nnc(COc2ccc(F)cc2)s1. The molecule has 0 aliphatic carbocycles. The number of benzene rings is 1. The second-order valence-corrected chi connectivity index (χ2v) is 5.46. The first-order chi connectivity index (χ1) is 10.2. The van der Waals surface area contributed by atoms with Gasteiger partial charge in [-0.05, 0) is 30.7 Å². The second kappa shape index (κ2) is 7.68. The van der Waals surface area contributed by atoms with Crippen LogP contribution in [0.1, 0.15) is 31.2 Å². The van der Waals surface area contributed by atoms with E-state index in [9.17, 15) is 9.18 Å². The zero-order valence-electron chi connectivity index (χ0n) is 11.6. The number of nitrogens with one attached hydrogen (secondary N) is 1. The van der Waals surface area contributed by atoms with Gasteiger partial charge in [-0.15, -0.1) is 10.2 Å². The summed E-state index contributed by atoms with van der Waals surface area (Å²) in [5.74, 6) is 0.189. The number of halogens is 1. The van der Waals surface area contributed by atoms with Crippen LogP contribution in [-0.2, 0) is 11.4 Å². The predicted molar refractivity (Wildman–Crippen MR) is 78.8 cm³/mol. The molecule has 5 nitrogen and oxygen atoms in total. The highest BCUT2D eigenvalue weighted by Crippen LogP contribution is 2.18. The average molecular weight is 309 g/mol. The highest BCUT2D eigenvalue weighted by molar-refractivity contribution is 7.15. The van der Waals surface area contributed by atoms with Crippen molar-refractivity contribution in [1.29, 1.82) is 0 Å². The molecule has 0 fully saturated rings. The first-order valence-electron chi connectivity index (χ1n) is 6.68. The number of ether oxygens (including phenoxy) is 1. The fourth-order valence-corrected chi connectivity index (χ4v) is 2.23. The first-order valence-corrected chi connectivity index (χ1v) is 7.49. The van der Waals surface area contributed by atoms with Crippen LogP contribution in [0, 0.1) is 5.82 Å². The lowest BCUT2D eigenvalue weighted by molar-refractivity contribution is -0.116. The minimum atomic E-state index is -0.310. The third-order valence-electron chi connectivity index (χ3n) is 2.65. The molecular formula is C14H16FN3O2S. The molecular weight excluding hydrogens is 293 g/mol. The Morgan fingerprint density at radius 2 is 2.10 bits per heavy atom. The average Bonchev–Trinajstić information content (AvgIpc) is 2.92. The van der Waals surface area contributed by atoms with Crippen LogP contribution in [0.2, 0.25) is 0 Å². The molecule has 0 spiro atoms. The van der Waals surface area contributed by atoms with Crippen molar-refractivity contribution in [1.82, 2.24) is 10.2 Å². The number of aromatic nitrogens is 2. The van der Waals surface area contributed by atoms with E-state index >= 15 is 0 Å². The second-order valence-electron chi connectivity index (χ2n) is 4.40. The van der Waals surface area contributed by atoms with E-state index in [0.717, 1.165) is 12.8 Å². The minimum absolute atomic E-state index is 0.0565. The van der Waals surface area contributed by atoms with Crippen LogP contribution in [0.15, 0.2) is 24.3 Å². The van der Waals surface area contributed by atoms with Crippen LogP contribution in [0.4, 0.5) is 9.52 Å². The molecule has 0 saturated heterocycles. The molecule has 0 radical (unpaired) electrons. The van der Waals surface area contributed by atoms with E-state index in [-0.39, 0.29) is 18.3 Å². The van der Waals surface area contributed by atoms with Crippen LogP contribution in [0.25, 0.3) is 0 Å². The third-order valence-corrected chi connectivity index (χ3v) is 3.46. The standard InChI is InChI=1S/C14H16FN3O2S/c1-2-3-4-12(19)16-14-18-17-13(21-14)9-20-11-7-5-10(15)6-8-11/h5-8H,2-4,9H2,1H3,(H,16,18,19). The van der Waals surface area contributed by atoms with Crippen molar-refractivity contribution in [3.8, 4) is 5.75 Å². The van der Waals surface area contributed by atoms with Crippen LogP contribution in [0.3, 0.4) is 0 Å². The van der Waals surface area contributed by atoms with Gasteiger partial charge in [0, 0.05) is 6.42 Å². The maximum atomic E-state index is 12.7. The summed E-state index contributed by atoms with van der Waals surface area (Å²) in [5, 5.41) is 11.6. The van der Waals surface area contributed by atoms with Gasteiger partial charge in [0.1, 0.15) is 18.2 Å². The highest BCUT2D eigenvalue weighted by atomic mass is 32.1. The molecule has 2 rings (SSSR count). The molecule has 21 heavy (non-hydrogen) atoms. The summed E-state index contributed by atoms with van der Waals surface area (Å²) in [6, 6.07) is 5.75. The maximum Gasteiger partial charge on any atom is 0.226 e. The van der Waals surface area contributed by atoms with Crippen LogP contribution >= 0.6 is 11.3 Å². The van der Waals surface area contributed by atoms with Gasteiger partial charge in [0.15, 0.2) is 5.01 Å². The van der Waals surface area contributed by atoms with Gasteiger partial charge >= 0.3 is 0 Å². The summed E-state index contributed by atoms with van der Waals surface area (Å²) in [5.41, 5.74) is 0. The summed E-state index contributed by atoms with van der Waals surface area (Å²) >= 11 is 1.26. The van der Waals surface area contributed by atoms with Crippen LogP contribution < -0.4 is 10.1 Å². The molecule has 2 aromatic rings. The molecule has 1 N–H and O–H groups in total. The Morgan fingerprint density at radius 1 is 1.33 bits per heavy atom. The number of hydrogen-bond acceptors (Lipinski definition) is 5. The summed E-state index contributed by atoms with van der Waals surface area (Å²) < 4.78 is 18.2. The molecule has 0 aliphatic rings. The van der Waals surface area contributed by atoms with E-state index in [0.29, 0.717) is 22.3 Å². The van der Waals surface area contributed by atoms with E-state index in [1.54, 1.807) is 12.1 Å². The van der Waals surface area contributed by atoms with E-state index in [4.69, 9.17) is 4.74 Å². The number of carbonyl (C=O) groups is 1. The Hall–Kier alpha value is -2.02. The van der Waals surface area contributed by atoms with E-state index < -0.39 is 0 Å². The summed E-state index contributed by atoms with van der Waals surface area (Å²) in [7, 11) is 0. The quantitative estimate of drug-likeness (QED) is 0.851. The number of carbonyl (C=O) groups excluding carboxylic acids is 1. The third kappa shape index (κ3) is 5.11. The van der Waals surface area contributed by atoms with Gasteiger partial charge in [-0.1, -0.05) is 24.7 Å². The van der Waals surface area contributed by atoms with Gasteiger partial charge in [0.2, 0.25) is 11.0 Å².